The molecule has 0 radical (unpaired) electrons. The van der Waals surface area contributed by atoms with Gasteiger partial charge in [-0.25, -0.2) is 4.79 Å². The number of nitrogens with one attached hydrogen (secondary N) is 1. The number of esters is 1. The third kappa shape index (κ3) is 9.25. The van der Waals surface area contributed by atoms with E-state index in [0.29, 0.717) is 19.3 Å². The molecular formula is C34H58N6O10. The van der Waals surface area contributed by atoms with Gasteiger partial charge < -0.3 is 39.0 Å². The summed E-state index contributed by atoms with van der Waals surface area (Å²) >= 11 is 0. The Labute approximate surface area is 295 Å². The number of hydrogen-bond acceptors (Lipinski definition) is 12. The molecule has 16 heteroatoms. The van der Waals surface area contributed by atoms with E-state index in [0.717, 1.165) is 0 Å². The van der Waals surface area contributed by atoms with Crippen molar-refractivity contribution in [2.75, 3.05) is 34.3 Å². The summed E-state index contributed by atoms with van der Waals surface area (Å²) in [7, 11) is 5.17. The number of fused-ring (bicyclic) bond motifs is 1. The zero-order chi connectivity index (χ0) is 37.6. The first-order valence-electron chi connectivity index (χ1n) is 17.7. The van der Waals surface area contributed by atoms with Crippen molar-refractivity contribution in [2.24, 2.45) is 17.0 Å². The van der Waals surface area contributed by atoms with Crippen molar-refractivity contribution in [1.82, 2.24) is 15.1 Å². The van der Waals surface area contributed by atoms with Gasteiger partial charge in [0.05, 0.1) is 29.9 Å². The first-order valence-corrected chi connectivity index (χ1v) is 17.7. The number of ether oxygens (including phenoxy) is 5. The van der Waals surface area contributed by atoms with E-state index in [2.05, 4.69) is 15.3 Å². The Morgan fingerprint density at radius 2 is 1.82 bits per heavy atom. The van der Waals surface area contributed by atoms with E-state index in [1.807, 2.05) is 25.9 Å². The molecule has 3 aliphatic rings. The van der Waals surface area contributed by atoms with Gasteiger partial charge in [0, 0.05) is 43.5 Å². The molecule has 0 aliphatic carbocycles. The molecule has 12 atom stereocenters. The Hall–Kier alpha value is -3.01. The van der Waals surface area contributed by atoms with Gasteiger partial charge in [-0.3, -0.25) is 19.3 Å². The van der Waals surface area contributed by atoms with E-state index in [9.17, 15) is 24.3 Å². The number of carbonyl (C=O) groups is 4. The molecule has 3 heterocycles. The maximum atomic E-state index is 13.9. The zero-order valence-electron chi connectivity index (χ0n) is 31.3. The summed E-state index contributed by atoms with van der Waals surface area (Å²) in [4.78, 5) is 61.0. The number of hydrogen-bond donors (Lipinski definition) is 2. The number of nitrogens with zero attached hydrogens (tertiary/aromatic N) is 5. The van der Waals surface area contributed by atoms with E-state index >= 15 is 0 Å². The first kappa shape index (κ1) is 41.4. The quantitative estimate of drug-likeness (QED) is 0.0841. The number of likely N-dealkylation sites (N-methyl/N-ethyl adjacent to an activating group) is 1. The second-order valence-electron chi connectivity index (χ2n) is 14.7. The van der Waals surface area contributed by atoms with Crippen molar-refractivity contribution in [3.8, 4) is 0 Å². The number of unbranched alkanes of at least 4 members (excludes halogenated alkanes) is 1. The van der Waals surface area contributed by atoms with Crippen molar-refractivity contribution in [2.45, 2.75) is 147 Å². The zero-order valence-corrected chi connectivity index (χ0v) is 31.3. The minimum absolute atomic E-state index is 0.104. The predicted molar refractivity (Wildman–Crippen MR) is 182 cm³/mol. The van der Waals surface area contributed by atoms with Gasteiger partial charge in [-0.05, 0) is 86.3 Å². The maximum Gasteiger partial charge on any atom is 0.410 e. The van der Waals surface area contributed by atoms with Crippen molar-refractivity contribution >= 4 is 23.8 Å². The number of cyclic esters (lactones) is 1. The molecule has 2 N–H and O–H groups in total. The van der Waals surface area contributed by atoms with E-state index in [1.165, 1.54) is 18.9 Å². The molecule has 16 nitrogen and oxygen atoms in total. The number of methoxy groups -OCH3 is 1. The highest BCUT2D eigenvalue weighted by atomic mass is 16.7. The Bertz CT molecular complexity index is 1260. The second kappa shape index (κ2) is 17.5. The second-order valence-corrected chi connectivity index (χ2v) is 14.7. The summed E-state index contributed by atoms with van der Waals surface area (Å²) in [6, 6.07) is -1.69. The lowest BCUT2D eigenvalue weighted by Gasteiger charge is -2.45. The van der Waals surface area contributed by atoms with Crippen LogP contribution < -0.4 is 5.32 Å². The van der Waals surface area contributed by atoms with Crippen molar-refractivity contribution in [3.05, 3.63) is 10.4 Å². The fourth-order valence-corrected chi connectivity index (χ4v) is 7.55. The van der Waals surface area contributed by atoms with Crippen LogP contribution in [0.25, 0.3) is 10.4 Å². The lowest BCUT2D eigenvalue weighted by molar-refractivity contribution is -0.289. The molecule has 3 rings (SSSR count). The molecule has 0 aromatic carbocycles. The van der Waals surface area contributed by atoms with Crippen LogP contribution >= 0.6 is 0 Å². The van der Waals surface area contributed by atoms with E-state index < -0.39 is 77.6 Å². The van der Waals surface area contributed by atoms with Gasteiger partial charge in [-0.2, -0.15) is 0 Å². The van der Waals surface area contributed by atoms with Crippen LogP contribution in [-0.2, 0) is 38.1 Å². The van der Waals surface area contributed by atoms with Crippen LogP contribution in [0.2, 0.25) is 0 Å². The van der Waals surface area contributed by atoms with E-state index in [-0.39, 0.29) is 50.4 Å². The number of amides is 2. The number of azide groups is 1. The summed E-state index contributed by atoms with van der Waals surface area (Å²) in [6.07, 6.45) is -3.37. The smallest absolute Gasteiger partial charge is 0.410 e. The Morgan fingerprint density at radius 3 is 2.42 bits per heavy atom. The van der Waals surface area contributed by atoms with Crippen LogP contribution in [0.4, 0.5) is 4.79 Å². The summed E-state index contributed by atoms with van der Waals surface area (Å²) in [6.45, 7) is 12.5. The number of ketones is 1. The van der Waals surface area contributed by atoms with Gasteiger partial charge in [-0.1, -0.05) is 19.0 Å². The van der Waals surface area contributed by atoms with Gasteiger partial charge in [0.15, 0.2) is 11.9 Å². The van der Waals surface area contributed by atoms with Gasteiger partial charge >= 0.3 is 12.1 Å². The largest absolute Gasteiger partial charge is 0.458 e. The topological polar surface area (TPSA) is 202 Å². The monoisotopic (exact) mass is 710 g/mol. The minimum Gasteiger partial charge on any atom is -0.458 e. The Balaban J connectivity index is 2.03. The third-order valence-corrected chi connectivity index (χ3v) is 10.7. The van der Waals surface area contributed by atoms with Crippen LogP contribution in [0.5, 0.6) is 0 Å². The maximum absolute atomic E-state index is 13.9. The number of Topliss-reactive ketones (excluding diaryl/α,β-unsaturated/α-hetero) is 1. The highest BCUT2D eigenvalue weighted by molar-refractivity contribution is 5.99. The van der Waals surface area contributed by atoms with Gasteiger partial charge in [0.25, 0.3) is 0 Å². The molecule has 3 saturated heterocycles. The average Bonchev–Trinajstić information content (AvgIpc) is 3.32. The van der Waals surface area contributed by atoms with Gasteiger partial charge in [0.2, 0.25) is 5.91 Å². The Kier molecular flexibility index (Phi) is 14.5. The molecular weight excluding hydrogens is 652 g/mol. The molecule has 0 aromatic rings. The molecule has 3 aliphatic heterocycles. The normalized spacial score (nSPS) is 39.1. The van der Waals surface area contributed by atoms with Crippen molar-refractivity contribution in [3.63, 3.8) is 0 Å². The predicted octanol–water partition coefficient (Wildman–Crippen LogP) is 3.33. The van der Waals surface area contributed by atoms with Crippen LogP contribution in [-0.4, -0.2) is 133 Å². The molecule has 3 unspecified atom stereocenters. The molecule has 0 spiro atoms. The summed E-state index contributed by atoms with van der Waals surface area (Å²) in [5, 5.41) is 17.9. The molecule has 2 amide bonds. The minimum atomic E-state index is -1.38. The summed E-state index contributed by atoms with van der Waals surface area (Å²) < 4.78 is 30.4. The molecule has 284 valence electrons. The van der Waals surface area contributed by atoms with Gasteiger partial charge in [0.1, 0.15) is 23.9 Å². The number of carbonyl (C=O) groups excluding carboxylic acids is 4. The average molecular weight is 711 g/mol. The lowest BCUT2D eigenvalue weighted by Crippen LogP contribution is -2.61. The fraction of sp³-hybridized carbons (Fsp3) is 0.882. The number of rotatable bonds is 10. The molecule has 0 bridgehead atoms. The molecule has 0 saturated carbocycles. The lowest BCUT2D eigenvalue weighted by atomic mass is 9.83. The van der Waals surface area contributed by atoms with Crippen LogP contribution in [0, 0.1) is 11.8 Å². The summed E-state index contributed by atoms with van der Waals surface area (Å²) in [5.74, 6) is -3.51. The van der Waals surface area contributed by atoms with Crippen LogP contribution in [0.15, 0.2) is 5.11 Å². The fourth-order valence-electron chi connectivity index (χ4n) is 7.55. The number of aliphatic hydroxyl groups is 1. The highest BCUT2D eigenvalue weighted by Gasteiger charge is 2.59. The highest BCUT2D eigenvalue weighted by Crippen LogP contribution is 2.39. The van der Waals surface area contributed by atoms with Gasteiger partial charge in [-0.15, -0.1) is 0 Å². The van der Waals surface area contributed by atoms with Crippen molar-refractivity contribution in [1.29, 1.82) is 0 Å². The molecule has 50 heavy (non-hydrogen) atoms. The molecule has 3 fully saturated rings. The van der Waals surface area contributed by atoms with Crippen molar-refractivity contribution < 1.29 is 48.0 Å². The standard InChI is InChI=1S/C34H58N6O10/c1-11-25-34(7)28(40(32(45)50-34)15-13-12-14-36-38-35)22(5)37-29(43)19(2)18-33(6,46-10)26(17-24(41)21(4)30(44)48-25)49-31-27(42)23(39(8)9)16-20(3)47-31/h19-23,25-28,31,42H,11-18H2,1-10H3,(H,37,43)/t19-,20-,21?,22-,23?,25-,26-,27?,28-,31+,33-,34-/m1/s1. The number of aliphatic hydroxyl groups excluding tert-OH is 1. The van der Waals surface area contributed by atoms with Crippen LogP contribution in [0.3, 0.4) is 0 Å². The third-order valence-electron chi connectivity index (χ3n) is 10.7. The first-order chi connectivity index (χ1) is 23.4. The van der Waals surface area contributed by atoms with Crippen LogP contribution in [0.1, 0.15) is 87.0 Å². The Morgan fingerprint density at radius 1 is 1.14 bits per heavy atom. The summed E-state index contributed by atoms with van der Waals surface area (Å²) in [5.41, 5.74) is 6.00. The van der Waals surface area contributed by atoms with E-state index in [1.54, 1.807) is 34.6 Å². The molecule has 0 aromatic heterocycles. The van der Waals surface area contributed by atoms with E-state index in [4.69, 9.17) is 29.2 Å². The SMILES string of the molecule is CC[C@H]1OC(=O)C(C)C(=O)C[C@@H](O[C@@H]2O[C@H](C)CC(N(C)C)C2O)[C@](C)(OC)C[C@@H](C)C(=O)N[C@H](C)[C@H]2N(CCCCN=[N+]=[N-])C(=O)O[C@]12C.